The van der Waals surface area contributed by atoms with Gasteiger partial charge in [0.1, 0.15) is 5.82 Å². The number of hydrogen-bond donors (Lipinski definition) is 2. The Morgan fingerprint density at radius 3 is 2.95 bits per heavy atom. The molecule has 2 N–H and O–H groups in total. The SMILES string of the molecule is CC(C)C1CCc2ccccc2C1NCc1ncc[nH]1. The summed E-state index contributed by atoms with van der Waals surface area (Å²) in [6, 6.07) is 9.29. The molecule has 0 aliphatic heterocycles. The van der Waals surface area contributed by atoms with E-state index in [0.717, 1.165) is 12.4 Å². The van der Waals surface area contributed by atoms with Crippen molar-refractivity contribution in [3.63, 3.8) is 0 Å². The molecule has 0 amide bonds. The minimum atomic E-state index is 0.435. The maximum atomic E-state index is 4.31. The van der Waals surface area contributed by atoms with Crippen molar-refractivity contribution < 1.29 is 0 Å². The first-order valence-corrected chi connectivity index (χ1v) is 7.55. The highest BCUT2D eigenvalue weighted by Crippen LogP contribution is 2.38. The zero-order chi connectivity index (χ0) is 13.9. The van der Waals surface area contributed by atoms with Gasteiger partial charge in [-0.15, -0.1) is 0 Å². The first-order chi connectivity index (χ1) is 9.75. The third kappa shape index (κ3) is 2.63. The lowest BCUT2D eigenvalue weighted by Crippen LogP contribution is -2.35. The number of benzene rings is 1. The van der Waals surface area contributed by atoms with Gasteiger partial charge < -0.3 is 10.3 Å². The maximum absolute atomic E-state index is 4.31. The van der Waals surface area contributed by atoms with E-state index in [-0.39, 0.29) is 0 Å². The van der Waals surface area contributed by atoms with Crippen molar-refractivity contribution in [2.75, 3.05) is 0 Å². The summed E-state index contributed by atoms with van der Waals surface area (Å²) in [4.78, 5) is 7.48. The molecule has 2 unspecified atom stereocenters. The molecule has 3 heteroatoms. The van der Waals surface area contributed by atoms with Crippen molar-refractivity contribution in [3.05, 3.63) is 53.6 Å². The Hall–Kier alpha value is -1.61. The first-order valence-electron chi connectivity index (χ1n) is 7.55. The minimum Gasteiger partial charge on any atom is -0.348 e. The predicted octanol–water partition coefficient (Wildman–Crippen LogP) is 3.46. The Labute approximate surface area is 120 Å². The zero-order valence-electron chi connectivity index (χ0n) is 12.3. The van der Waals surface area contributed by atoms with Crippen molar-refractivity contribution in [3.8, 4) is 0 Å². The van der Waals surface area contributed by atoms with E-state index in [2.05, 4.69) is 53.4 Å². The third-order valence-corrected chi connectivity index (χ3v) is 4.47. The Balaban J connectivity index is 1.83. The van der Waals surface area contributed by atoms with Gasteiger partial charge in [-0.25, -0.2) is 4.98 Å². The van der Waals surface area contributed by atoms with Gasteiger partial charge in [-0.2, -0.15) is 0 Å². The number of aromatic amines is 1. The van der Waals surface area contributed by atoms with Crippen molar-refractivity contribution in [2.24, 2.45) is 11.8 Å². The highest BCUT2D eigenvalue weighted by atomic mass is 15.0. The van der Waals surface area contributed by atoms with E-state index >= 15 is 0 Å². The summed E-state index contributed by atoms with van der Waals surface area (Å²) in [6.45, 7) is 5.47. The van der Waals surface area contributed by atoms with Crippen molar-refractivity contribution >= 4 is 0 Å². The number of aromatic nitrogens is 2. The topological polar surface area (TPSA) is 40.7 Å². The van der Waals surface area contributed by atoms with Gasteiger partial charge in [-0.05, 0) is 35.8 Å². The molecule has 2 atom stereocenters. The van der Waals surface area contributed by atoms with Crippen LogP contribution in [0.5, 0.6) is 0 Å². The molecule has 3 rings (SSSR count). The lowest BCUT2D eigenvalue weighted by Gasteiger charge is -2.36. The molecule has 1 aromatic carbocycles. The molecular weight excluding hydrogens is 246 g/mol. The Bertz CT molecular complexity index is 545. The summed E-state index contributed by atoms with van der Waals surface area (Å²) in [5.74, 6) is 2.40. The lowest BCUT2D eigenvalue weighted by atomic mass is 9.74. The fourth-order valence-electron chi connectivity index (χ4n) is 3.37. The summed E-state index contributed by atoms with van der Waals surface area (Å²) in [5.41, 5.74) is 2.98. The average Bonchev–Trinajstić information content (AvgIpc) is 2.97. The summed E-state index contributed by atoms with van der Waals surface area (Å²) < 4.78 is 0. The van der Waals surface area contributed by atoms with E-state index in [1.54, 1.807) is 0 Å². The average molecular weight is 269 g/mol. The molecule has 0 saturated carbocycles. The summed E-state index contributed by atoms with van der Waals surface area (Å²) in [5, 5.41) is 3.72. The van der Waals surface area contributed by atoms with Crippen molar-refractivity contribution in [1.29, 1.82) is 0 Å². The van der Waals surface area contributed by atoms with Crippen LogP contribution >= 0.6 is 0 Å². The van der Waals surface area contributed by atoms with E-state index in [0.29, 0.717) is 17.9 Å². The Kier molecular flexibility index (Phi) is 3.88. The molecule has 0 saturated heterocycles. The molecule has 2 aromatic rings. The highest BCUT2D eigenvalue weighted by molar-refractivity contribution is 5.33. The summed E-state index contributed by atoms with van der Waals surface area (Å²) in [7, 11) is 0. The summed E-state index contributed by atoms with van der Waals surface area (Å²) >= 11 is 0. The van der Waals surface area contributed by atoms with Crippen molar-refractivity contribution in [2.45, 2.75) is 39.3 Å². The number of nitrogens with zero attached hydrogens (tertiary/aromatic N) is 1. The quantitative estimate of drug-likeness (QED) is 0.892. The van der Waals surface area contributed by atoms with E-state index in [1.165, 1.54) is 24.0 Å². The molecule has 1 aromatic heterocycles. The smallest absolute Gasteiger partial charge is 0.120 e. The van der Waals surface area contributed by atoms with Gasteiger partial charge in [0.15, 0.2) is 0 Å². The van der Waals surface area contributed by atoms with E-state index in [9.17, 15) is 0 Å². The highest BCUT2D eigenvalue weighted by Gasteiger charge is 2.30. The molecule has 0 spiro atoms. The first kappa shape index (κ1) is 13.4. The molecular formula is C17H23N3. The largest absolute Gasteiger partial charge is 0.348 e. The monoisotopic (exact) mass is 269 g/mol. The van der Waals surface area contributed by atoms with Gasteiger partial charge in [-0.3, -0.25) is 0 Å². The molecule has 106 valence electrons. The number of rotatable bonds is 4. The van der Waals surface area contributed by atoms with Crippen LogP contribution in [0.4, 0.5) is 0 Å². The number of aryl methyl sites for hydroxylation is 1. The van der Waals surface area contributed by atoms with E-state index in [1.807, 2.05) is 12.4 Å². The molecule has 0 fully saturated rings. The number of imidazole rings is 1. The lowest BCUT2D eigenvalue weighted by molar-refractivity contribution is 0.245. The van der Waals surface area contributed by atoms with Crippen LogP contribution in [0, 0.1) is 11.8 Å². The van der Waals surface area contributed by atoms with Crippen molar-refractivity contribution in [1.82, 2.24) is 15.3 Å². The predicted molar refractivity (Wildman–Crippen MR) is 81.3 cm³/mol. The van der Waals surface area contributed by atoms with Crippen LogP contribution in [0.1, 0.15) is 43.3 Å². The van der Waals surface area contributed by atoms with Gasteiger partial charge in [0.25, 0.3) is 0 Å². The van der Waals surface area contributed by atoms with Gasteiger partial charge in [0, 0.05) is 18.4 Å². The zero-order valence-corrected chi connectivity index (χ0v) is 12.3. The molecule has 0 bridgehead atoms. The third-order valence-electron chi connectivity index (χ3n) is 4.47. The number of nitrogens with one attached hydrogen (secondary N) is 2. The number of fused-ring (bicyclic) bond motifs is 1. The fraction of sp³-hybridized carbons (Fsp3) is 0.471. The molecule has 0 radical (unpaired) electrons. The fourth-order valence-corrected chi connectivity index (χ4v) is 3.37. The standard InChI is InChI=1S/C17H23N3/c1-12(2)14-8-7-13-5-3-4-6-15(13)17(14)20-11-16-18-9-10-19-16/h3-6,9-10,12,14,17,20H,7-8,11H2,1-2H3,(H,18,19). The number of H-pyrrole nitrogens is 1. The second-order valence-corrected chi connectivity index (χ2v) is 6.04. The van der Waals surface area contributed by atoms with E-state index in [4.69, 9.17) is 0 Å². The van der Waals surface area contributed by atoms with Gasteiger partial charge in [0.05, 0.1) is 6.54 Å². The van der Waals surface area contributed by atoms with Crippen LogP contribution in [-0.2, 0) is 13.0 Å². The van der Waals surface area contributed by atoms with Crippen LogP contribution in [0.2, 0.25) is 0 Å². The van der Waals surface area contributed by atoms with Gasteiger partial charge in [-0.1, -0.05) is 38.1 Å². The van der Waals surface area contributed by atoms with Crippen LogP contribution in [0.15, 0.2) is 36.7 Å². The second-order valence-electron chi connectivity index (χ2n) is 6.04. The maximum Gasteiger partial charge on any atom is 0.120 e. The van der Waals surface area contributed by atoms with Crippen LogP contribution in [-0.4, -0.2) is 9.97 Å². The van der Waals surface area contributed by atoms with Crippen LogP contribution in [0.25, 0.3) is 0 Å². The molecule has 1 aliphatic rings. The van der Waals surface area contributed by atoms with Gasteiger partial charge in [0.2, 0.25) is 0 Å². The Morgan fingerprint density at radius 2 is 2.20 bits per heavy atom. The van der Waals surface area contributed by atoms with Gasteiger partial charge >= 0.3 is 0 Å². The molecule has 1 heterocycles. The Morgan fingerprint density at radius 1 is 1.35 bits per heavy atom. The second kappa shape index (κ2) is 5.80. The van der Waals surface area contributed by atoms with E-state index < -0.39 is 0 Å². The molecule has 20 heavy (non-hydrogen) atoms. The number of hydrogen-bond acceptors (Lipinski definition) is 2. The minimum absolute atomic E-state index is 0.435. The normalized spacial score (nSPS) is 21.9. The van der Waals surface area contributed by atoms with Crippen LogP contribution < -0.4 is 5.32 Å². The van der Waals surface area contributed by atoms with Crippen LogP contribution in [0.3, 0.4) is 0 Å². The summed E-state index contributed by atoms with van der Waals surface area (Å²) in [6.07, 6.45) is 6.17. The molecule has 3 nitrogen and oxygen atoms in total. The molecule has 1 aliphatic carbocycles.